The van der Waals surface area contributed by atoms with Crippen LogP contribution in [0.2, 0.25) is 0 Å². The first kappa shape index (κ1) is 18.9. The molecule has 0 N–H and O–H groups in total. The van der Waals surface area contributed by atoms with Crippen molar-refractivity contribution >= 4 is 17.7 Å². The SMILES string of the molecule is CC(C)(C)OC(=O)N1C(=O)C(c2ccc(-c3ccccc3)cc2)c2ccccc21. The summed E-state index contributed by atoms with van der Waals surface area (Å²) < 4.78 is 5.48. The predicted octanol–water partition coefficient (Wildman–Crippen LogP) is 5.77. The van der Waals surface area contributed by atoms with Gasteiger partial charge in [0.1, 0.15) is 5.60 Å². The third-order valence-electron chi connectivity index (χ3n) is 4.88. The van der Waals surface area contributed by atoms with Crippen molar-refractivity contribution < 1.29 is 14.3 Å². The van der Waals surface area contributed by atoms with E-state index in [0.717, 1.165) is 27.2 Å². The molecule has 3 aromatic carbocycles. The molecule has 3 aromatic rings. The fourth-order valence-electron chi connectivity index (χ4n) is 3.63. The molecule has 0 aliphatic carbocycles. The number of fused-ring (bicyclic) bond motifs is 1. The molecule has 2 amide bonds. The normalized spacial score (nSPS) is 15.9. The van der Waals surface area contributed by atoms with Gasteiger partial charge in [-0.3, -0.25) is 4.79 Å². The fourth-order valence-corrected chi connectivity index (χ4v) is 3.63. The van der Waals surface area contributed by atoms with E-state index in [1.54, 1.807) is 26.8 Å². The Kier molecular flexibility index (Phi) is 4.71. The third kappa shape index (κ3) is 3.66. The predicted molar refractivity (Wildman–Crippen MR) is 114 cm³/mol. The average molecular weight is 385 g/mol. The van der Waals surface area contributed by atoms with Gasteiger partial charge in [-0.15, -0.1) is 0 Å². The van der Waals surface area contributed by atoms with Crippen LogP contribution in [0, 0.1) is 0 Å². The molecule has 1 unspecified atom stereocenters. The molecule has 1 heterocycles. The van der Waals surface area contributed by atoms with E-state index in [2.05, 4.69) is 12.1 Å². The van der Waals surface area contributed by atoms with Gasteiger partial charge in [-0.05, 0) is 49.1 Å². The zero-order valence-corrected chi connectivity index (χ0v) is 16.8. The zero-order valence-electron chi connectivity index (χ0n) is 16.8. The van der Waals surface area contributed by atoms with Crippen LogP contribution >= 0.6 is 0 Å². The van der Waals surface area contributed by atoms with Crippen LogP contribution in [0.3, 0.4) is 0 Å². The van der Waals surface area contributed by atoms with Crippen molar-refractivity contribution in [3.63, 3.8) is 0 Å². The Balaban J connectivity index is 1.69. The van der Waals surface area contributed by atoms with E-state index in [-0.39, 0.29) is 5.91 Å². The molecule has 29 heavy (non-hydrogen) atoms. The molecule has 4 nitrogen and oxygen atoms in total. The molecule has 4 heteroatoms. The van der Waals surface area contributed by atoms with E-state index in [0.29, 0.717) is 5.69 Å². The van der Waals surface area contributed by atoms with Crippen LogP contribution in [0.5, 0.6) is 0 Å². The van der Waals surface area contributed by atoms with Crippen LogP contribution in [-0.4, -0.2) is 17.6 Å². The molecule has 0 saturated heterocycles. The van der Waals surface area contributed by atoms with Crippen LogP contribution in [0.15, 0.2) is 78.9 Å². The van der Waals surface area contributed by atoms with E-state index in [1.165, 1.54) is 0 Å². The van der Waals surface area contributed by atoms with Crippen LogP contribution < -0.4 is 4.90 Å². The quantitative estimate of drug-likeness (QED) is 0.563. The summed E-state index contributed by atoms with van der Waals surface area (Å²) in [5.41, 5.74) is 3.78. The summed E-state index contributed by atoms with van der Waals surface area (Å²) >= 11 is 0. The number of carbonyl (C=O) groups is 2. The maximum Gasteiger partial charge on any atom is 0.421 e. The number of ether oxygens (including phenoxy) is 1. The Labute approximate surface area is 170 Å². The van der Waals surface area contributed by atoms with Crippen molar-refractivity contribution in [3.05, 3.63) is 90.0 Å². The Hall–Kier alpha value is -3.40. The summed E-state index contributed by atoms with van der Waals surface area (Å²) in [4.78, 5) is 27.2. The average Bonchev–Trinajstić information content (AvgIpc) is 2.99. The van der Waals surface area contributed by atoms with Crippen molar-refractivity contribution in [2.45, 2.75) is 32.3 Å². The van der Waals surface area contributed by atoms with Gasteiger partial charge in [-0.25, -0.2) is 9.69 Å². The minimum absolute atomic E-state index is 0.284. The number of hydrogen-bond donors (Lipinski definition) is 0. The smallest absolute Gasteiger partial charge is 0.421 e. The van der Waals surface area contributed by atoms with Crippen LogP contribution in [0.25, 0.3) is 11.1 Å². The van der Waals surface area contributed by atoms with Crippen LogP contribution in [0.1, 0.15) is 37.8 Å². The topological polar surface area (TPSA) is 46.6 Å². The van der Waals surface area contributed by atoms with Crippen molar-refractivity contribution in [1.29, 1.82) is 0 Å². The maximum absolute atomic E-state index is 13.3. The highest BCUT2D eigenvalue weighted by Gasteiger charge is 2.43. The number of anilines is 1. The van der Waals surface area contributed by atoms with Gasteiger partial charge in [0, 0.05) is 0 Å². The molecule has 146 valence electrons. The first-order valence-electron chi connectivity index (χ1n) is 9.66. The number of imide groups is 1. The molecule has 4 rings (SSSR count). The largest absolute Gasteiger partial charge is 0.443 e. The molecule has 1 aliphatic rings. The van der Waals surface area contributed by atoms with E-state index >= 15 is 0 Å². The summed E-state index contributed by atoms with van der Waals surface area (Å²) in [6.07, 6.45) is -0.640. The summed E-state index contributed by atoms with van der Waals surface area (Å²) in [6, 6.07) is 25.4. The summed E-state index contributed by atoms with van der Waals surface area (Å²) in [6.45, 7) is 5.37. The third-order valence-corrected chi connectivity index (χ3v) is 4.88. The lowest BCUT2D eigenvalue weighted by atomic mass is 9.91. The number of para-hydroxylation sites is 1. The maximum atomic E-state index is 13.3. The monoisotopic (exact) mass is 385 g/mol. The highest BCUT2D eigenvalue weighted by atomic mass is 16.6. The summed E-state index contributed by atoms with van der Waals surface area (Å²) in [5.74, 6) is -0.809. The number of carbonyl (C=O) groups excluding carboxylic acids is 2. The highest BCUT2D eigenvalue weighted by Crippen LogP contribution is 2.42. The van der Waals surface area contributed by atoms with Gasteiger partial charge < -0.3 is 4.74 Å². The fraction of sp³-hybridized carbons (Fsp3) is 0.200. The molecule has 0 bridgehead atoms. The van der Waals surface area contributed by atoms with Gasteiger partial charge in [0.15, 0.2) is 0 Å². The Morgan fingerprint density at radius 1 is 0.828 bits per heavy atom. The molecular weight excluding hydrogens is 362 g/mol. The lowest BCUT2D eigenvalue weighted by Gasteiger charge is -2.24. The van der Waals surface area contributed by atoms with Crippen molar-refractivity contribution in [3.8, 4) is 11.1 Å². The number of amides is 2. The van der Waals surface area contributed by atoms with Crippen molar-refractivity contribution in [1.82, 2.24) is 0 Å². The number of benzene rings is 3. The lowest BCUT2D eigenvalue weighted by molar-refractivity contribution is -0.118. The summed E-state index contributed by atoms with van der Waals surface area (Å²) in [5, 5.41) is 0. The minimum Gasteiger partial charge on any atom is -0.443 e. The molecule has 1 aliphatic heterocycles. The van der Waals surface area contributed by atoms with Gasteiger partial charge in [-0.2, -0.15) is 0 Å². The number of rotatable bonds is 2. The Morgan fingerprint density at radius 2 is 1.41 bits per heavy atom. The number of nitrogens with zero attached hydrogens (tertiary/aromatic N) is 1. The van der Waals surface area contributed by atoms with Gasteiger partial charge in [-0.1, -0.05) is 72.8 Å². The highest BCUT2D eigenvalue weighted by molar-refractivity contribution is 6.20. The van der Waals surface area contributed by atoms with Gasteiger partial charge in [0.2, 0.25) is 5.91 Å². The Bertz CT molecular complexity index is 1050. The van der Waals surface area contributed by atoms with Crippen molar-refractivity contribution in [2.75, 3.05) is 4.90 Å². The minimum atomic E-state index is -0.679. The molecule has 0 aromatic heterocycles. The van der Waals surface area contributed by atoms with E-state index in [1.807, 2.05) is 60.7 Å². The second kappa shape index (κ2) is 7.21. The van der Waals surface area contributed by atoms with E-state index in [4.69, 9.17) is 4.74 Å². The molecule has 0 saturated carbocycles. The molecule has 1 atom stereocenters. The molecule has 0 radical (unpaired) electrons. The first-order valence-corrected chi connectivity index (χ1v) is 9.66. The van der Waals surface area contributed by atoms with Crippen LogP contribution in [-0.2, 0) is 9.53 Å². The van der Waals surface area contributed by atoms with Gasteiger partial charge >= 0.3 is 6.09 Å². The first-order chi connectivity index (χ1) is 13.8. The second-order valence-electron chi connectivity index (χ2n) is 8.13. The van der Waals surface area contributed by atoms with E-state index < -0.39 is 17.6 Å². The zero-order chi connectivity index (χ0) is 20.6. The Morgan fingerprint density at radius 3 is 2.07 bits per heavy atom. The van der Waals surface area contributed by atoms with E-state index in [9.17, 15) is 9.59 Å². The van der Waals surface area contributed by atoms with Gasteiger partial charge in [0.25, 0.3) is 0 Å². The van der Waals surface area contributed by atoms with Crippen LogP contribution in [0.4, 0.5) is 10.5 Å². The summed E-state index contributed by atoms with van der Waals surface area (Å²) in [7, 11) is 0. The standard InChI is InChI=1S/C25H23NO3/c1-25(2,3)29-24(28)26-21-12-8-7-11-20(21)22(23(26)27)19-15-13-18(14-16-19)17-9-5-4-6-10-17/h4-16,22H,1-3H3. The number of hydrogen-bond acceptors (Lipinski definition) is 3. The van der Waals surface area contributed by atoms with Crippen molar-refractivity contribution in [2.24, 2.45) is 0 Å². The molecular formula is C25H23NO3. The molecule has 0 fully saturated rings. The lowest BCUT2D eigenvalue weighted by Crippen LogP contribution is -2.39. The second-order valence-corrected chi connectivity index (χ2v) is 8.13. The van der Waals surface area contributed by atoms with Gasteiger partial charge in [0.05, 0.1) is 11.6 Å². The molecule has 0 spiro atoms.